The van der Waals surface area contributed by atoms with Crippen LogP contribution in [-0.2, 0) is 4.79 Å². The number of para-hydroxylation sites is 1. The molecule has 0 aliphatic carbocycles. The molecule has 2 aromatic rings. The molecule has 5 nitrogen and oxygen atoms in total. The zero-order chi connectivity index (χ0) is 18.1. The minimum atomic E-state index is -0.620. The zero-order valence-electron chi connectivity index (χ0n) is 13.9. The Morgan fingerprint density at radius 3 is 2.69 bits per heavy atom. The number of amidine groups is 1. The van der Waals surface area contributed by atoms with E-state index in [2.05, 4.69) is 22.3 Å². The molecule has 2 N–H and O–H groups in total. The van der Waals surface area contributed by atoms with Crippen molar-refractivity contribution >= 4 is 28.5 Å². The number of hydrazone groups is 1. The summed E-state index contributed by atoms with van der Waals surface area (Å²) < 4.78 is 14.5. The molecule has 132 valence electrons. The van der Waals surface area contributed by atoms with E-state index < -0.39 is 12.2 Å². The van der Waals surface area contributed by atoms with Crippen molar-refractivity contribution in [3.05, 3.63) is 78.1 Å². The van der Waals surface area contributed by atoms with E-state index in [0.29, 0.717) is 16.5 Å². The van der Waals surface area contributed by atoms with Crippen LogP contribution in [0.1, 0.15) is 23.3 Å². The fourth-order valence-corrected chi connectivity index (χ4v) is 3.77. The fraction of sp³-hybridized carbons (Fsp3) is 0.158. The molecule has 0 spiro atoms. The minimum Gasteiger partial charge on any atom is -0.360 e. The maximum absolute atomic E-state index is 14.5. The standard InChI is InChI=1S/C19H17FN4OS/c1-2-11-26-19-22-18(25)16-13-8-4-6-10-15(13)21-17(24(16)23-19)12-7-3-5-9-14(12)20/h2-10,16-17,21H,1,11H2,(H,22,23,25)/t16-,17-/m1/s1. The number of hydrogen-bond donors (Lipinski definition) is 2. The van der Waals surface area contributed by atoms with Gasteiger partial charge in [0.25, 0.3) is 5.91 Å². The van der Waals surface area contributed by atoms with Crippen LogP contribution in [0.15, 0.2) is 66.3 Å². The van der Waals surface area contributed by atoms with Crippen molar-refractivity contribution in [2.24, 2.45) is 5.10 Å². The smallest absolute Gasteiger partial charge is 0.255 e. The zero-order valence-corrected chi connectivity index (χ0v) is 14.7. The first kappa shape index (κ1) is 16.7. The number of fused-ring (bicyclic) bond motifs is 3. The first-order valence-corrected chi connectivity index (χ1v) is 9.19. The number of anilines is 1. The van der Waals surface area contributed by atoms with Gasteiger partial charge in [-0.1, -0.05) is 54.2 Å². The van der Waals surface area contributed by atoms with Crippen LogP contribution in [0.3, 0.4) is 0 Å². The van der Waals surface area contributed by atoms with E-state index >= 15 is 0 Å². The van der Waals surface area contributed by atoms with Crippen LogP contribution in [0.2, 0.25) is 0 Å². The number of carbonyl (C=O) groups is 1. The summed E-state index contributed by atoms with van der Waals surface area (Å²) in [6.45, 7) is 3.69. The lowest BCUT2D eigenvalue weighted by atomic mass is 9.97. The highest BCUT2D eigenvalue weighted by Crippen LogP contribution is 2.42. The molecule has 0 aromatic heterocycles. The van der Waals surface area contributed by atoms with E-state index in [4.69, 9.17) is 0 Å². The summed E-state index contributed by atoms with van der Waals surface area (Å²) in [7, 11) is 0. The predicted molar refractivity (Wildman–Crippen MR) is 102 cm³/mol. The van der Waals surface area contributed by atoms with Gasteiger partial charge in [-0.2, -0.15) is 0 Å². The molecule has 2 atom stereocenters. The van der Waals surface area contributed by atoms with E-state index in [1.54, 1.807) is 29.3 Å². The van der Waals surface area contributed by atoms with Crippen LogP contribution >= 0.6 is 11.8 Å². The first-order valence-electron chi connectivity index (χ1n) is 8.20. The molecule has 0 saturated carbocycles. The maximum Gasteiger partial charge on any atom is 0.255 e. The molecule has 1 amide bonds. The maximum atomic E-state index is 14.5. The van der Waals surface area contributed by atoms with Crippen LogP contribution in [0.25, 0.3) is 0 Å². The molecule has 7 heteroatoms. The van der Waals surface area contributed by atoms with Gasteiger partial charge in [-0.3, -0.25) is 9.80 Å². The number of thioether (sulfide) groups is 1. The lowest BCUT2D eigenvalue weighted by Crippen LogP contribution is -2.51. The predicted octanol–water partition coefficient (Wildman–Crippen LogP) is 3.61. The second kappa shape index (κ2) is 6.84. The van der Waals surface area contributed by atoms with Crippen LogP contribution in [0.4, 0.5) is 10.1 Å². The Balaban J connectivity index is 1.83. The van der Waals surface area contributed by atoms with Crippen molar-refractivity contribution in [2.75, 3.05) is 11.1 Å². The highest BCUT2D eigenvalue weighted by Gasteiger charge is 2.42. The van der Waals surface area contributed by atoms with Gasteiger partial charge in [-0.25, -0.2) is 4.39 Å². The highest BCUT2D eigenvalue weighted by atomic mass is 32.2. The highest BCUT2D eigenvalue weighted by molar-refractivity contribution is 8.14. The quantitative estimate of drug-likeness (QED) is 0.813. The number of halogens is 1. The van der Waals surface area contributed by atoms with Gasteiger partial charge in [0, 0.05) is 22.6 Å². The molecule has 0 radical (unpaired) electrons. The molecule has 26 heavy (non-hydrogen) atoms. The van der Waals surface area contributed by atoms with E-state index in [9.17, 15) is 9.18 Å². The lowest BCUT2D eigenvalue weighted by Gasteiger charge is -2.43. The normalized spacial score (nSPS) is 21.0. The molecule has 2 aliphatic rings. The lowest BCUT2D eigenvalue weighted by molar-refractivity contribution is -0.127. The third kappa shape index (κ3) is 2.84. The van der Waals surface area contributed by atoms with Crippen LogP contribution in [0, 0.1) is 5.82 Å². The third-order valence-corrected chi connectivity index (χ3v) is 5.16. The Labute approximate surface area is 155 Å². The number of benzene rings is 2. The summed E-state index contributed by atoms with van der Waals surface area (Å²) in [5.41, 5.74) is 2.06. The third-order valence-electron chi connectivity index (χ3n) is 4.30. The van der Waals surface area contributed by atoms with Gasteiger partial charge in [0.15, 0.2) is 11.2 Å². The molecule has 2 heterocycles. The summed E-state index contributed by atoms with van der Waals surface area (Å²) in [5.74, 6) is 0.0953. The monoisotopic (exact) mass is 368 g/mol. The van der Waals surface area contributed by atoms with Crippen molar-refractivity contribution in [1.29, 1.82) is 0 Å². The topological polar surface area (TPSA) is 56.7 Å². The minimum absolute atomic E-state index is 0.179. The molecule has 0 unspecified atom stereocenters. The first-order chi connectivity index (χ1) is 12.7. The molecule has 2 aliphatic heterocycles. The number of rotatable bonds is 3. The molecule has 0 fully saturated rings. The number of nitrogens with zero attached hydrogens (tertiary/aromatic N) is 2. The molecular formula is C19H17FN4OS. The summed E-state index contributed by atoms with van der Waals surface area (Å²) in [6.07, 6.45) is 1.16. The summed E-state index contributed by atoms with van der Waals surface area (Å²) in [5, 5.41) is 12.9. The Bertz CT molecular complexity index is 901. The number of nitrogens with one attached hydrogen (secondary N) is 2. The van der Waals surface area contributed by atoms with E-state index in [-0.39, 0.29) is 11.7 Å². The van der Waals surface area contributed by atoms with Crippen molar-refractivity contribution < 1.29 is 9.18 Å². The molecular weight excluding hydrogens is 351 g/mol. The van der Waals surface area contributed by atoms with Crippen LogP contribution < -0.4 is 10.6 Å². The Morgan fingerprint density at radius 1 is 1.19 bits per heavy atom. The number of carbonyl (C=O) groups excluding carboxylic acids is 1. The van der Waals surface area contributed by atoms with Gasteiger partial charge in [-0.05, 0) is 12.1 Å². The van der Waals surface area contributed by atoms with Crippen molar-refractivity contribution in [1.82, 2.24) is 10.3 Å². The largest absolute Gasteiger partial charge is 0.360 e. The van der Waals surface area contributed by atoms with Crippen molar-refractivity contribution in [3.63, 3.8) is 0 Å². The van der Waals surface area contributed by atoms with Crippen LogP contribution in [0.5, 0.6) is 0 Å². The number of hydrogen-bond acceptors (Lipinski definition) is 5. The summed E-state index contributed by atoms with van der Waals surface area (Å²) in [6, 6.07) is 13.4. The van der Waals surface area contributed by atoms with Crippen molar-refractivity contribution in [3.8, 4) is 0 Å². The summed E-state index contributed by atoms with van der Waals surface area (Å²) in [4.78, 5) is 12.8. The van der Waals surface area contributed by atoms with Gasteiger partial charge in [-0.15, -0.1) is 11.7 Å². The second-order valence-corrected chi connectivity index (χ2v) is 6.94. The van der Waals surface area contributed by atoms with Gasteiger partial charge in [0.2, 0.25) is 0 Å². The Hall–Kier alpha value is -2.80. The van der Waals surface area contributed by atoms with Gasteiger partial charge >= 0.3 is 0 Å². The van der Waals surface area contributed by atoms with Gasteiger partial charge < -0.3 is 10.6 Å². The van der Waals surface area contributed by atoms with Crippen molar-refractivity contribution in [2.45, 2.75) is 12.2 Å². The Morgan fingerprint density at radius 2 is 1.92 bits per heavy atom. The van der Waals surface area contributed by atoms with Crippen LogP contribution in [-0.4, -0.2) is 21.8 Å². The average Bonchev–Trinajstić information content (AvgIpc) is 2.66. The van der Waals surface area contributed by atoms with E-state index in [1.165, 1.54) is 17.8 Å². The molecule has 0 saturated heterocycles. The second-order valence-electron chi connectivity index (χ2n) is 5.93. The van der Waals surface area contributed by atoms with E-state index in [0.717, 1.165) is 11.3 Å². The molecule has 0 bridgehead atoms. The average molecular weight is 368 g/mol. The number of amides is 1. The van der Waals surface area contributed by atoms with E-state index in [1.807, 2.05) is 24.3 Å². The van der Waals surface area contributed by atoms with Gasteiger partial charge in [0.1, 0.15) is 12.0 Å². The SMILES string of the molecule is C=CCSC1=NN2[C@H](c3ccccc3F)Nc3ccccc3[C@@H]2C(=O)N1. The Kier molecular flexibility index (Phi) is 4.38. The molecule has 2 aromatic carbocycles. The molecule has 4 rings (SSSR count). The fourth-order valence-electron chi connectivity index (χ4n) is 3.17. The summed E-state index contributed by atoms with van der Waals surface area (Å²) >= 11 is 1.38. The van der Waals surface area contributed by atoms with Gasteiger partial charge in [0.05, 0.1) is 0 Å².